The van der Waals surface area contributed by atoms with Crippen molar-refractivity contribution in [1.29, 1.82) is 0 Å². The Hall–Kier alpha value is -0.800. The maximum Gasteiger partial charge on any atom is 0.128 e. The van der Waals surface area contributed by atoms with Crippen molar-refractivity contribution in [2.24, 2.45) is 0 Å². The number of halogens is 1. The lowest BCUT2D eigenvalue weighted by molar-refractivity contribution is 0.494. The molecule has 1 rings (SSSR count). The second-order valence-electron chi connectivity index (χ2n) is 3.92. The van der Waals surface area contributed by atoms with Crippen LogP contribution in [0.25, 0.3) is 0 Å². The van der Waals surface area contributed by atoms with Crippen molar-refractivity contribution in [3.63, 3.8) is 0 Å². The van der Waals surface area contributed by atoms with E-state index in [1.807, 2.05) is 6.07 Å². The summed E-state index contributed by atoms with van der Waals surface area (Å²) in [6.07, 6.45) is 4.84. The molecule has 0 fully saturated rings. The van der Waals surface area contributed by atoms with E-state index in [2.05, 4.69) is 24.1 Å². The lowest BCUT2D eigenvalue weighted by Gasteiger charge is -2.19. The third kappa shape index (κ3) is 3.65. The summed E-state index contributed by atoms with van der Waals surface area (Å²) in [4.78, 5) is 4.10. The van der Waals surface area contributed by atoms with Gasteiger partial charge < -0.3 is 11.1 Å². The van der Waals surface area contributed by atoms with Crippen LogP contribution in [0.1, 0.15) is 44.7 Å². The molecule has 1 atom stereocenters. The molecule has 0 radical (unpaired) electrons. The van der Waals surface area contributed by atoms with Crippen molar-refractivity contribution in [1.82, 2.24) is 10.3 Å². The molecule has 1 unspecified atom stereocenters. The van der Waals surface area contributed by atoms with Gasteiger partial charge in [0, 0.05) is 17.8 Å². The Labute approximate surface area is 102 Å². The second kappa shape index (κ2) is 6.71. The maximum absolute atomic E-state index is 5.95. The number of anilines is 1. The lowest BCUT2D eigenvalue weighted by atomic mass is 10.0. The summed E-state index contributed by atoms with van der Waals surface area (Å²) in [5.74, 6) is 0.575. The van der Waals surface area contributed by atoms with Crippen molar-refractivity contribution < 1.29 is 0 Å². The van der Waals surface area contributed by atoms with Gasteiger partial charge in [-0.1, -0.05) is 31.9 Å². The summed E-state index contributed by atoms with van der Waals surface area (Å²) in [7, 11) is 0. The molecule has 0 aromatic carbocycles. The third-order valence-electron chi connectivity index (χ3n) is 2.51. The minimum atomic E-state index is 0.260. The van der Waals surface area contributed by atoms with Gasteiger partial charge in [0.25, 0.3) is 0 Å². The van der Waals surface area contributed by atoms with Crippen molar-refractivity contribution in [3.05, 3.63) is 22.8 Å². The quantitative estimate of drug-likeness (QED) is 0.805. The van der Waals surface area contributed by atoms with Gasteiger partial charge in [0.15, 0.2) is 0 Å². The van der Waals surface area contributed by atoms with Gasteiger partial charge in [-0.05, 0) is 25.5 Å². The number of rotatable bonds is 6. The van der Waals surface area contributed by atoms with Gasteiger partial charge in [-0.15, -0.1) is 0 Å². The summed E-state index contributed by atoms with van der Waals surface area (Å²) >= 11 is 5.95. The predicted octanol–water partition coefficient (Wildman–Crippen LogP) is 3.16. The second-order valence-corrected chi connectivity index (χ2v) is 4.36. The number of nitrogens with zero attached hydrogens (tertiary/aromatic N) is 1. The average Bonchev–Trinajstić information content (AvgIpc) is 2.28. The molecule has 0 bridgehead atoms. The molecule has 0 aliphatic rings. The summed E-state index contributed by atoms with van der Waals surface area (Å²) in [5, 5.41) is 4.12. The molecule has 3 N–H and O–H groups in total. The highest BCUT2D eigenvalue weighted by molar-refractivity contribution is 6.30. The van der Waals surface area contributed by atoms with Crippen molar-refractivity contribution in [2.75, 3.05) is 12.3 Å². The minimum absolute atomic E-state index is 0.260. The van der Waals surface area contributed by atoms with Crippen LogP contribution >= 0.6 is 11.6 Å². The largest absolute Gasteiger partial charge is 0.383 e. The highest BCUT2D eigenvalue weighted by Crippen LogP contribution is 2.25. The molecule has 0 amide bonds. The van der Waals surface area contributed by atoms with Crippen LogP contribution in [0.2, 0.25) is 5.02 Å². The number of aromatic nitrogens is 1. The number of hydrogen-bond donors (Lipinski definition) is 2. The number of nitrogens with two attached hydrogens (primary N) is 1. The molecule has 0 aliphatic heterocycles. The number of pyridine rings is 1. The number of nitrogens with one attached hydrogen (secondary N) is 1. The van der Waals surface area contributed by atoms with Gasteiger partial charge in [-0.2, -0.15) is 0 Å². The van der Waals surface area contributed by atoms with E-state index in [1.165, 1.54) is 0 Å². The van der Waals surface area contributed by atoms with Gasteiger partial charge in [0.2, 0.25) is 0 Å². The fraction of sp³-hybridized carbons (Fsp3) is 0.583. The van der Waals surface area contributed by atoms with Crippen LogP contribution in [-0.4, -0.2) is 11.5 Å². The smallest absolute Gasteiger partial charge is 0.128 e. The Balaban J connectivity index is 2.85. The van der Waals surface area contributed by atoms with Crippen molar-refractivity contribution in [2.45, 2.75) is 39.2 Å². The van der Waals surface area contributed by atoms with E-state index in [-0.39, 0.29) is 6.04 Å². The summed E-state index contributed by atoms with van der Waals surface area (Å²) in [6.45, 7) is 5.29. The molecule has 4 heteroatoms. The Kier molecular flexibility index (Phi) is 5.56. The fourth-order valence-corrected chi connectivity index (χ4v) is 1.89. The predicted molar refractivity (Wildman–Crippen MR) is 69.6 cm³/mol. The monoisotopic (exact) mass is 241 g/mol. The molecular formula is C12H20ClN3. The summed E-state index contributed by atoms with van der Waals surface area (Å²) in [6, 6.07) is 2.17. The molecule has 0 spiro atoms. The number of hydrogen-bond acceptors (Lipinski definition) is 3. The highest BCUT2D eigenvalue weighted by Gasteiger charge is 2.13. The Morgan fingerprint density at radius 1 is 1.44 bits per heavy atom. The van der Waals surface area contributed by atoms with E-state index >= 15 is 0 Å². The Morgan fingerprint density at radius 2 is 2.19 bits per heavy atom. The maximum atomic E-state index is 5.95. The van der Waals surface area contributed by atoms with E-state index in [9.17, 15) is 0 Å². The van der Waals surface area contributed by atoms with Gasteiger partial charge in [0.1, 0.15) is 5.82 Å². The zero-order valence-electron chi connectivity index (χ0n) is 9.96. The molecule has 16 heavy (non-hydrogen) atoms. The third-order valence-corrected chi connectivity index (χ3v) is 2.72. The SMILES string of the molecule is CCCNC(CCC)c1cc(Cl)cnc1N. The first kappa shape index (κ1) is 13.3. The first-order valence-corrected chi connectivity index (χ1v) is 6.21. The van der Waals surface area contributed by atoms with Gasteiger partial charge >= 0.3 is 0 Å². The van der Waals surface area contributed by atoms with Crippen LogP contribution < -0.4 is 11.1 Å². The molecule has 0 saturated carbocycles. The van der Waals surface area contributed by atoms with Crippen LogP contribution in [0.5, 0.6) is 0 Å². The van der Waals surface area contributed by atoms with Gasteiger partial charge in [-0.3, -0.25) is 0 Å². The fourth-order valence-electron chi connectivity index (χ4n) is 1.72. The van der Waals surface area contributed by atoms with E-state index in [1.54, 1.807) is 6.20 Å². The summed E-state index contributed by atoms with van der Waals surface area (Å²) in [5.41, 5.74) is 6.90. The molecule has 1 heterocycles. The van der Waals surface area contributed by atoms with Crippen LogP contribution in [0.4, 0.5) is 5.82 Å². The zero-order chi connectivity index (χ0) is 12.0. The van der Waals surface area contributed by atoms with Crippen LogP contribution in [0.15, 0.2) is 12.3 Å². The average molecular weight is 242 g/mol. The Morgan fingerprint density at radius 3 is 2.81 bits per heavy atom. The highest BCUT2D eigenvalue weighted by atomic mass is 35.5. The van der Waals surface area contributed by atoms with Crippen molar-refractivity contribution in [3.8, 4) is 0 Å². The van der Waals surface area contributed by atoms with E-state index in [0.717, 1.165) is 31.4 Å². The first-order valence-electron chi connectivity index (χ1n) is 5.83. The zero-order valence-corrected chi connectivity index (χ0v) is 10.7. The lowest BCUT2D eigenvalue weighted by Crippen LogP contribution is -2.23. The number of nitrogen functional groups attached to an aromatic ring is 1. The topological polar surface area (TPSA) is 50.9 Å². The van der Waals surface area contributed by atoms with Gasteiger partial charge in [-0.25, -0.2) is 4.98 Å². The molecule has 0 aliphatic carbocycles. The molecule has 1 aromatic heterocycles. The van der Waals surface area contributed by atoms with E-state index in [4.69, 9.17) is 17.3 Å². The molecule has 0 saturated heterocycles. The summed E-state index contributed by atoms with van der Waals surface area (Å²) < 4.78 is 0. The van der Waals surface area contributed by atoms with Crippen LogP contribution in [0, 0.1) is 0 Å². The van der Waals surface area contributed by atoms with E-state index < -0.39 is 0 Å². The minimum Gasteiger partial charge on any atom is -0.383 e. The molecule has 3 nitrogen and oxygen atoms in total. The van der Waals surface area contributed by atoms with E-state index in [0.29, 0.717) is 10.8 Å². The first-order chi connectivity index (χ1) is 7.69. The van der Waals surface area contributed by atoms with Crippen molar-refractivity contribution >= 4 is 17.4 Å². The Bertz CT molecular complexity index is 328. The van der Waals surface area contributed by atoms with Crippen LogP contribution in [-0.2, 0) is 0 Å². The van der Waals surface area contributed by atoms with Crippen LogP contribution in [0.3, 0.4) is 0 Å². The molecule has 90 valence electrons. The van der Waals surface area contributed by atoms with Gasteiger partial charge in [0.05, 0.1) is 5.02 Å². The standard InChI is InChI=1S/C12H20ClN3/c1-3-5-11(15-6-4-2)10-7-9(13)8-16-12(10)14/h7-8,11,15H,3-6H2,1-2H3,(H2,14,16). The normalized spacial score (nSPS) is 12.7. The molecule has 1 aromatic rings. The molecular weight excluding hydrogens is 222 g/mol.